The zero-order valence-corrected chi connectivity index (χ0v) is 16.3. The molecule has 0 fully saturated rings. The van der Waals surface area contributed by atoms with Crippen molar-refractivity contribution in [3.8, 4) is 17.1 Å². The van der Waals surface area contributed by atoms with Crippen LogP contribution in [-0.4, -0.2) is 24.9 Å². The maximum atomic E-state index is 6.36. The molecule has 0 spiro atoms. The normalized spacial score (nSPS) is 11.1. The number of hydrogen-bond donors (Lipinski definition) is 0. The molecule has 0 saturated heterocycles. The monoisotopic (exact) mass is 397 g/mol. The number of thioether (sulfide) groups is 1. The van der Waals surface area contributed by atoms with Crippen LogP contribution in [0, 0.1) is 13.8 Å². The van der Waals surface area contributed by atoms with Crippen molar-refractivity contribution in [2.24, 2.45) is 0 Å². The van der Waals surface area contributed by atoms with E-state index in [-0.39, 0.29) is 0 Å². The molecule has 0 atom stereocenters. The summed E-state index contributed by atoms with van der Waals surface area (Å²) in [5, 5.41) is 14.2. The van der Waals surface area contributed by atoms with Crippen molar-refractivity contribution in [3.63, 3.8) is 0 Å². The fourth-order valence-electron chi connectivity index (χ4n) is 2.73. The summed E-state index contributed by atoms with van der Waals surface area (Å²) in [6, 6.07) is 11.6. The molecule has 136 valence electrons. The fraction of sp³-hybridized carbons (Fsp3) is 0.158. The quantitative estimate of drug-likeness (QED) is 0.447. The highest BCUT2D eigenvalue weighted by Gasteiger charge is 2.19. The van der Waals surface area contributed by atoms with Gasteiger partial charge in [-0.25, -0.2) is 0 Å². The first-order chi connectivity index (χ1) is 13.1. The Hall–Kier alpha value is -2.64. The Bertz CT molecular complexity index is 1080. The van der Waals surface area contributed by atoms with E-state index < -0.39 is 0 Å². The van der Waals surface area contributed by atoms with Gasteiger partial charge in [0.1, 0.15) is 5.76 Å². The van der Waals surface area contributed by atoms with E-state index in [2.05, 4.69) is 20.3 Å². The number of pyridine rings is 1. The second kappa shape index (κ2) is 7.54. The molecule has 0 saturated carbocycles. The number of hydrogen-bond acceptors (Lipinski definition) is 6. The summed E-state index contributed by atoms with van der Waals surface area (Å²) < 4.78 is 7.33. The van der Waals surface area contributed by atoms with E-state index in [1.54, 1.807) is 12.4 Å². The molecule has 27 heavy (non-hydrogen) atoms. The van der Waals surface area contributed by atoms with Crippen LogP contribution in [0.5, 0.6) is 0 Å². The zero-order chi connectivity index (χ0) is 18.8. The number of nitrogens with zero attached hydrogens (tertiary/aromatic N) is 5. The minimum absolute atomic E-state index is 0.606. The van der Waals surface area contributed by atoms with Crippen molar-refractivity contribution in [1.29, 1.82) is 0 Å². The third-order valence-corrected chi connectivity index (χ3v) is 5.43. The largest absolute Gasteiger partial charge is 0.360 e. The maximum Gasteiger partial charge on any atom is 0.196 e. The molecule has 0 bridgehead atoms. The Morgan fingerprint density at radius 3 is 2.67 bits per heavy atom. The average Bonchev–Trinajstić information content (AvgIpc) is 3.29. The molecular formula is C19H16ClN5OS. The van der Waals surface area contributed by atoms with Gasteiger partial charge in [0.2, 0.25) is 0 Å². The third-order valence-electron chi connectivity index (χ3n) is 4.07. The smallest absolute Gasteiger partial charge is 0.196 e. The van der Waals surface area contributed by atoms with E-state index in [0.717, 1.165) is 39.2 Å². The minimum Gasteiger partial charge on any atom is -0.360 e. The SMILES string of the molecule is Cc1cc(CSc2nnc(-c3ccncc3)n2-c2cccc(Cl)c2C)on1. The van der Waals surface area contributed by atoms with Gasteiger partial charge in [-0.2, -0.15) is 0 Å². The Morgan fingerprint density at radius 2 is 1.93 bits per heavy atom. The van der Waals surface area contributed by atoms with E-state index >= 15 is 0 Å². The van der Waals surface area contributed by atoms with Gasteiger partial charge in [-0.15, -0.1) is 10.2 Å². The van der Waals surface area contributed by atoms with Gasteiger partial charge in [0.15, 0.2) is 11.0 Å². The Labute approximate surface area is 165 Å². The van der Waals surface area contributed by atoms with Crippen LogP contribution in [0.3, 0.4) is 0 Å². The molecule has 0 unspecified atom stereocenters. The van der Waals surface area contributed by atoms with Gasteiger partial charge < -0.3 is 4.52 Å². The lowest BCUT2D eigenvalue weighted by Crippen LogP contribution is -2.02. The molecule has 6 nitrogen and oxygen atoms in total. The van der Waals surface area contributed by atoms with E-state index in [1.807, 2.05) is 54.8 Å². The molecule has 0 aliphatic heterocycles. The van der Waals surface area contributed by atoms with Crippen LogP contribution >= 0.6 is 23.4 Å². The number of aromatic nitrogens is 5. The summed E-state index contributed by atoms with van der Waals surface area (Å²) in [7, 11) is 0. The predicted molar refractivity (Wildman–Crippen MR) is 105 cm³/mol. The highest BCUT2D eigenvalue weighted by Crippen LogP contribution is 2.32. The van der Waals surface area contributed by atoms with Crippen LogP contribution in [0.1, 0.15) is 17.0 Å². The summed E-state index contributed by atoms with van der Waals surface area (Å²) in [6.07, 6.45) is 3.48. The second-order valence-corrected chi connectivity index (χ2v) is 7.33. The van der Waals surface area contributed by atoms with Crippen molar-refractivity contribution >= 4 is 23.4 Å². The molecule has 1 aromatic carbocycles. The third kappa shape index (κ3) is 3.61. The van der Waals surface area contributed by atoms with Crippen molar-refractivity contribution in [2.45, 2.75) is 24.8 Å². The molecule has 8 heteroatoms. The van der Waals surface area contributed by atoms with Gasteiger partial charge in [0, 0.05) is 29.0 Å². The van der Waals surface area contributed by atoms with Gasteiger partial charge >= 0.3 is 0 Å². The highest BCUT2D eigenvalue weighted by atomic mass is 35.5. The highest BCUT2D eigenvalue weighted by molar-refractivity contribution is 7.98. The summed E-state index contributed by atoms with van der Waals surface area (Å²) in [6.45, 7) is 3.89. The lowest BCUT2D eigenvalue weighted by atomic mass is 10.2. The minimum atomic E-state index is 0.606. The van der Waals surface area contributed by atoms with Gasteiger partial charge in [0.05, 0.1) is 17.1 Å². The van der Waals surface area contributed by atoms with Crippen molar-refractivity contribution in [2.75, 3.05) is 0 Å². The summed E-state index contributed by atoms with van der Waals surface area (Å²) in [5.74, 6) is 2.13. The topological polar surface area (TPSA) is 69.6 Å². The molecule has 4 aromatic rings. The van der Waals surface area contributed by atoms with Crippen molar-refractivity contribution < 1.29 is 4.52 Å². The van der Waals surface area contributed by atoms with Gasteiger partial charge in [-0.1, -0.05) is 34.6 Å². The Morgan fingerprint density at radius 1 is 1.11 bits per heavy atom. The first-order valence-electron chi connectivity index (χ1n) is 8.30. The van der Waals surface area contributed by atoms with Crippen molar-refractivity contribution in [1.82, 2.24) is 24.9 Å². The van der Waals surface area contributed by atoms with E-state index in [9.17, 15) is 0 Å². The van der Waals surface area contributed by atoms with Crippen molar-refractivity contribution in [3.05, 3.63) is 70.8 Å². The summed E-state index contributed by atoms with van der Waals surface area (Å²) in [5.41, 5.74) is 3.69. The molecule has 0 aliphatic rings. The zero-order valence-electron chi connectivity index (χ0n) is 14.8. The maximum absolute atomic E-state index is 6.36. The first-order valence-corrected chi connectivity index (χ1v) is 9.66. The van der Waals surface area contributed by atoms with Crippen LogP contribution in [0.15, 0.2) is 58.5 Å². The Kier molecular flexibility index (Phi) is 4.96. The number of halogens is 1. The van der Waals surface area contributed by atoms with Crippen LogP contribution in [-0.2, 0) is 5.75 Å². The molecule has 0 aliphatic carbocycles. The molecule has 0 N–H and O–H groups in total. The Balaban J connectivity index is 1.79. The van der Waals surface area contributed by atoms with E-state index in [4.69, 9.17) is 16.1 Å². The fourth-order valence-corrected chi connectivity index (χ4v) is 3.72. The average molecular weight is 398 g/mol. The van der Waals surface area contributed by atoms with Gasteiger partial charge in [0.25, 0.3) is 0 Å². The standard InChI is InChI=1S/C19H16ClN5OS/c1-12-10-15(26-24-12)11-27-19-23-22-18(14-6-8-21-9-7-14)25(19)17-5-3-4-16(20)13(17)2/h3-10H,11H2,1-2H3. The molecule has 0 amide bonds. The number of aryl methyl sites for hydroxylation is 1. The summed E-state index contributed by atoms with van der Waals surface area (Å²) in [4.78, 5) is 4.09. The number of benzene rings is 1. The molecule has 3 heterocycles. The summed E-state index contributed by atoms with van der Waals surface area (Å²) >= 11 is 7.90. The molecule has 0 radical (unpaired) electrons. The van der Waals surface area contributed by atoms with Gasteiger partial charge in [-0.05, 0) is 43.7 Å². The predicted octanol–water partition coefficient (Wildman–Crippen LogP) is 4.88. The van der Waals surface area contributed by atoms with Crippen LogP contribution in [0.25, 0.3) is 17.1 Å². The van der Waals surface area contributed by atoms with E-state index in [1.165, 1.54) is 11.8 Å². The number of rotatable bonds is 5. The molecule has 3 aromatic heterocycles. The lowest BCUT2D eigenvalue weighted by molar-refractivity contribution is 0.391. The van der Waals surface area contributed by atoms with Gasteiger partial charge in [-0.3, -0.25) is 9.55 Å². The van der Waals surface area contributed by atoms with Crippen LogP contribution in [0.2, 0.25) is 5.02 Å². The van der Waals surface area contributed by atoms with Crippen LogP contribution in [0.4, 0.5) is 0 Å². The van der Waals surface area contributed by atoms with Crippen LogP contribution < -0.4 is 0 Å². The molecule has 4 rings (SSSR count). The van der Waals surface area contributed by atoms with E-state index in [0.29, 0.717) is 10.8 Å². The second-order valence-electron chi connectivity index (χ2n) is 5.98. The lowest BCUT2D eigenvalue weighted by Gasteiger charge is -2.13. The first kappa shape index (κ1) is 17.8. The molecular weight excluding hydrogens is 382 g/mol.